The van der Waals surface area contributed by atoms with Crippen LogP contribution in [-0.4, -0.2) is 20.2 Å². The molecule has 1 fully saturated rings. The summed E-state index contributed by atoms with van der Waals surface area (Å²) in [6, 6.07) is 5.48. The summed E-state index contributed by atoms with van der Waals surface area (Å²) in [7, 11) is -3.80. The summed E-state index contributed by atoms with van der Waals surface area (Å²) >= 11 is 0. The van der Waals surface area contributed by atoms with Gasteiger partial charge in [-0.2, -0.15) is 0 Å². The molecule has 2 atom stereocenters. The Kier molecular flexibility index (Phi) is 3.41. The van der Waals surface area contributed by atoms with Gasteiger partial charge in [0.1, 0.15) is 0 Å². The predicted octanol–water partition coefficient (Wildman–Crippen LogP) is 1.18. The average Bonchev–Trinajstić information content (AvgIpc) is 2.70. The minimum atomic E-state index is -3.80. The van der Waals surface area contributed by atoms with Crippen molar-refractivity contribution in [1.29, 1.82) is 0 Å². The number of nitrogens with zero attached hydrogens (tertiary/aromatic N) is 1. The van der Waals surface area contributed by atoms with E-state index in [0.29, 0.717) is 18.5 Å². The third-order valence-corrected chi connectivity index (χ3v) is 5.18. The van der Waals surface area contributed by atoms with Gasteiger partial charge in [-0.1, -0.05) is 11.6 Å². The molecule has 1 heterocycles. The highest BCUT2D eigenvalue weighted by atomic mass is 32.2. The summed E-state index contributed by atoms with van der Waals surface area (Å²) in [6.45, 7) is 1.96. The van der Waals surface area contributed by atoms with Crippen molar-refractivity contribution in [2.24, 2.45) is 17.0 Å². The standard InChI is InChI=1S/C15H16N2O4S/c1-9-2-7-12-13(8-9)15(19)17(14(12)18)10-3-5-11(6-4-10)22(16,20)21/h2-6,12-13H,7-8H2,1H3,(H2,16,20,21)/t12-,13-/m0/s1. The predicted molar refractivity (Wildman–Crippen MR) is 80.3 cm³/mol. The van der Waals surface area contributed by atoms with E-state index in [1.54, 1.807) is 0 Å². The van der Waals surface area contributed by atoms with E-state index in [-0.39, 0.29) is 28.5 Å². The Balaban J connectivity index is 1.93. The van der Waals surface area contributed by atoms with Gasteiger partial charge in [-0.3, -0.25) is 14.5 Å². The van der Waals surface area contributed by atoms with E-state index >= 15 is 0 Å². The van der Waals surface area contributed by atoms with E-state index in [0.717, 1.165) is 10.5 Å². The lowest BCUT2D eigenvalue weighted by Gasteiger charge is -2.18. The molecule has 7 heteroatoms. The third kappa shape index (κ3) is 2.36. The lowest BCUT2D eigenvalue weighted by molar-refractivity contribution is -0.122. The number of hydrogen-bond donors (Lipinski definition) is 1. The van der Waals surface area contributed by atoms with Gasteiger partial charge in [-0.05, 0) is 44.0 Å². The van der Waals surface area contributed by atoms with Crippen LogP contribution in [0.3, 0.4) is 0 Å². The molecular weight excluding hydrogens is 304 g/mol. The van der Waals surface area contributed by atoms with Gasteiger partial charge in [0.05, 0.1) is 22.4 Å². The molecule has 6 nitrogen and oxygen atoms in total. The molecule has 0 radical (unpaired) electrons. The molecular formula is C15H16N2O4S. The van der Waals surface area contributed by atoms with Crippen molar-refractivity contribution in [1.82, 2.24) is 0 Å². The normalized spacial score (nSPS) is 25.2. The maximum atomic E-state index is 12.5. The fraction of sp³-hybridized carbons (Fsp3) is 0.333. The Labute approximate surface area is 128 Å². The van der Waals surface area contributed by atoms with Crippen molar-refractivity contribution in [3.8, 4) is 0 Å². The SMILES string of the molecule is CC1=CC[C@@H]2C(=O)N(c3ccc(S(N)(=O)=O)cc3)C(=O)[C@H]2C1. The third-order valence-electron chi connectivity index (χ3n) is 4.25. The van der Waals surface area contributed by atoms with E-state index < -0.39 is 10.0 Å². The second-order valence-corrected chi connectivity index (χ2v) is 7.32. The summed E-state index contributed by atoms with van der Waals surface area (Å²) in [5.41, 5.74) is 1.50. The van der Waals surface area contributed by atoms with Crippen molar-refractivity contribution in [2.75, 3.05) is 4.90 Å². The van der Waals surface area contributed by atoms with Gasteiger partial charge < -0.3 is 0 Å². The Morgan fingerprint density at radius 2 is 1.68 bits per heavy atom. The van der Waals surface area contributed by atoms with Crippen molar-refractivity contribution in [2.45, 2.75) is 24.7 Å². The molecule has 1 aromatic carbocycles. The van der Waals surface area contributed by atoms with Crippen LogP contribution in [0.2, 0.25) is 0 Å². The largest absolute Gasteiger partial charge is 0.274 e. The van der Waals surface area contributed by atoms with Crippen LogP contribution in [0.5, 0.6) is 0 Å². The number of primary sulfonamides is 1. The minimum Gasteiger partial charge on any atom is -0.274 e. The number of carbonyl (C=O) groups excluding carboxylic acids is 2. The van der Waals surface area contributed by atoms with Gasteiger partial charge in [0.15, 0.2) is 0 Å². The zero-order valence-corrected chi connectivity index (χ0v) is 12.8. The van der Waals surface area contributed by atoms with Crippen LogP contribution < -0.4 is 10.0 Å². The smallest absolute Gasteiger partial charge is 0.238 e. The molecule has 1 aliphatic carbocycles. The van der Waals surface area contributed by atoms with Gasteiger partial charge in [0.2, 0.25) is 21.8 Å². The first-order chi connectivity index (χ1) is 10.3. The topological polar surface area (TPSA) is 97.5 Å². The number of rotatable bonds is 2. The van der Waals surface area contributed by atoms with Gasteiger partial charge in [-0.15, -0.1) is 0 Å². The number of amides is 2. The Hall–Kier alpha value is -1.99. The highest BCUT2D eigenvalue weighted by Crippen LogP contribution is 2.39. The summed E-state index contributed by atoms with van der Waals surface area (Å²) < 4.78 is 22.5. The van der Waals surface area contributed by atoms with Crippen LogP contribution in [-0.2, 0) is 19.6 Å². The first kappa shape index (κ1) is 14.9. The summed E-state index contributed by atoms with van der Waals surface area (Å²) in [5, 5.41) is 5.04. The summed E-state index contributed by atoms with van der Waals surface area (Å²) in [5.74, 6) is -1.06. The zero-order valence-electron chi connectivity index (χ0n) is 12.0. The minimum absolute atomic E-state index is 0.0507. The Bertz CT molecular complexity index is 780. The van der Waals surface area contributed by atoms with E-state index in [2.05, 4.69) is 0 Å². The van der Waals surface area contributed by atoms with E-state index in [1.807, 2.05) is 13.0 Å². The van der Waals surface area contributed by atoms with Gasteiger partial charge in [0.25, 0.3) is 0 Å². The van der Waals surface area contributed by atoms with Crippen molar-refractivity contribution in [3.05, 3.63) is 35.9 Å². The van der Waals surface area contributed by atoms with Crippen LogP contribution in [0.25, 0.3) is 0 Å². The molecule has 2 N–H and O–H groups in total. The van der Waals surface area contributed by atoms with Crippen LogP contribution in [0.15, 0.2) is 40.8 Å². The van der Waals surface area contributed by atoms with Gasteiger partial charge in [0, 0.05) is 0 Å². The first-order valence-electron chi connectivity index (χ1n) is 6.95. The maximum absolute atomic E-state index is 12.5. The summed E-state index contributed by atoms with van der Waals surface area (Å²) in [6.07, 6.45) is 3.17. The molecule has 0 spiro atoms. The van der Waals surface area contributed by atoms with Crippen LogP contribution >= 0.6 is 0 Å². The number of imide groups is 1. The number of sulfonamides is 1. The molecule has 2 aliphatic rings. The quantitative estimate of drug-likeness (QED) is 0.653. The fourth-order valence-electron chi connectivity index (χ4n) is 3.08. The number of allylic oxidation sites excluding steroid dienone is 2. The number of benzene rings is 1. The lowest BCUT2D eigenvalue weighted by atomic mass is 9.82. The number of carbonyl (C=O) groups is 2. The van der Waals surface area contributed by atoms with E-state index in [9.17, 15) is 18.0 Å². The highest BCUT2D eigenvalue weighted by Gasteiger charge is 2.48. The molecule has 0 aromatic heterocycles. The molecule has 0 saturated carbocycles. The molecule has 0 unspecified atom stereocenters. The Morgan fingerprint density at radius 3 is 2.27 bits per heavy atom. The molecule has 0 bridgehead atoms. The molecule has 3 rings (SSSR count). The van der Waals surface area contributed by atoms with Crippen LogP contribution in [0.1, 0.15) is 19.8 Å². The van der Waals surface area contributed by atoms with Crippen LogP contribution in [0, 0.1) is 11.8 Å². The van der Waals surface area contributed by atoms with Gasteiger partial charge >= 0.3 is 0 Å². The number of hydrogen-bond acceptors (Lipinski definition) is 4. The molecule has 2 amide bonds. The molecule has 1 aromatic rings. The first-order valence-corrected chi connectivity index (χ1v) is 8.50. The van der Waals surface area contributed by atoms with Crippen molar-refractivity contribution >= 4 is 27.5 Å². The molecule has 116 valence electrons. The molecule has 1 saturated heterocycles. The van der Waals surface area contributed by atoms with E-state index in [1.165, 1.54) is 24.3 Å². The molecule has 1 aliphatic heterocycles. The van der Waals surface area contributed by atoms with Crippen molar-refractivity contribution in [3.63, 3.8) is 0 Å². The second-order valence-electron chi connectivity index (χ2n) is 5.75. The monoisotopic (exact) mass is 320 g/mol. The highest BCUT2D eigenvalue weighted by molar-refractivity contribution is 7.89. The Morgan fingerprint density at radius 1 is 1.09 bits per heavy atom. The molecule has 22 heavy (non-hydrogen) atoms. The van der Waals surface area contributed by atoms with E-state index in [4.69, 9.17) is 5.14 Å². The van der Waals surface area contributed by atoms with Crippen LogP contribution in [0.4, 0.5) is 5.69 Å². The summed E-state index contributed by atoms with van der Waals surface area (Å²) in [4.78, 5) is 26.1. The number of nitrogens with two attached hydrogens (primary N) is 1. The fourth-order valence-corrected chi connectivity index (χ4v) is 3.59. The number of anilines is 1. The number of fused-ring (bicyclic) bond motifs is 1. The van der Waals surface area contributed by atoms with Crippen molar-refractivity contribution < 1.29 is 18.0 Å². The lowest BCUT2D eigenvalue weighted by Crippen LogP contribution is -2.30. The van der Waals surface area contributed by atoms with Gasteiger partial charge in [-0.25, -0.2) is 13.6 Å². The maximum Gasteiger partial charge on any atom is 0.238 e. The average molecular weight is 320 g/mol. The second kappa shape index (κ2) is 5.03. The zero-order chi connectivity index (χ0) is 16.1.